The van der Waals surface area contributed by atoms with E-state index in [1.54, 1.807) is 7.11 Å². The Balaban J connectivity index is 2.46. The number of nitrogens with one attached hydrogen (secondary N) is 1. The summed E-state index contributed by atoms with van der Waals surface area (Å²) < 4.78 is 5.04. The molecule has 0 aliphatic heterocycles. The van der Waals surface area contributed by atoms with Crippen molar-refractivity contribution in [3.05, 3.63) is 29.8 Å². The Morgan fingerprint density at radius 3 is 3.00 bits per heavy atom. The lowest BCUT2D eigenvalue weighted by atomic mass is 10.2. The van der Waals surface area contributed by atoms with Crippen molar-refractivity contribution < 1.29 is 14.6 Å². The molecule has 0 amide bonds. The maximum absolute atomic E-state index is 10.2. The van der Waals surface area contributed by atoms with E-state index in [0.717, 1.165) is 11.3 Å². The lowest BCUT2D eigenvalue weighted by Gasteiger charge is -2.04. The molecule has 0 heterocycles. The van der Waals surface area contributed by atoms with Crippen LogP contribution < -0.4 is 10.1 Å². The first-order valence-electron chi connectivity index (χ1n) is 4.28. The predicted molar refractivity (Wildman–Crippen MR) is 52.3 cm³/mol. The third-order valence-electron chi connectivity index (χ3n) is 1.74. The summed E-state index contributed by atoms with van der Waals surface area (Å²) in [6.07, 6.45) is 0. The number of ether oxygens (including phenoxy) is 1. The number of hydrogen-bond donors (Lipinski definition) is 2. The smallest absolute Gasteiger partial charge is 0.317 e. The van der Waals surface area contributed by atoms with Gasteiger partial charge >= 0.3 is 5.97 Å². The molecule has 0 spiro atoms. The van der Waals surface area contributed by atoms with Gasteiger partial charge in [-0.3, -0.25) is 4.79 Å². The van der Waals surface area contributed by atoms with Crippen LogP contribution in [0.4, 0.5) is 0 Å². The van der Waals surface area contributed by atoms with Gasteiger partial charge in [-0.25, -0.2) is 0 Å². The molecule has 0 fully saturated rings. The van der Waals surface area contributed by atoms with E-state index < -0.39 is 5.97 Å². The molecule has 2 N–H and O–H groups in total. The number of hydrogen-bond acceptors (Lipinski definition) is 3. The lowest BCUT2D eigenvalue weighted by Crippen LogP contribution is -2.21. The summed E-state index contributed by atoms with van der Waals surface area (Å²) in [5.41, 5.74) is 1.01. The number of methoxy groups -OCH3 is 1. The van der Waals surface area contributed by atoms with Crippen molar-refractivity contribution in [2.75, 3.05) is 13.7 Å². The lowest BCUT2D eigenvalue weighted by molar-refractivity contribution is -0.135. The van der Waals surface area contributed by atoms with Crippen molar-refractivity contribution in [2.45, 2.75) is 6.54 Å². The van der Waals surface area contributed by atoms with E-state index in [-0.39, 0.29) is 6.54 Å². The molecule has 0 saturated heterocycles. The Morgan fingerprint density at radius 2 is 2.36 bits per heavy atom. The van der Waals surface area contributed by atoms with Gasteiger partial charge in [0.15, 0.2) is 0 Å². The van der Waals surface area contributed by atoms with Gasteiger partial charge in [-0.05, 0) is 17.7 Å². The Morgan fingerprint density at radius 1 is 1.57 bits per heavy atom. The van der Waals surface area contributed by atoms with E-state index in [1.165, 1.54) is 0 Å². The van der Waals surface area contributed by atoms with E-state index in [9.17, 15) is 4.79 Å². The van der Waals surface area contributed by atoms with Crippen molar-refractivity contribution in [1.29, 1.82) is 0 Å². The molecule has 1 aromatic rings. The Labute approximate surface area is 82.5 Å². The molecular formula is C10H13NO3. The number of rotatable bonds is 5. The van der Waals surface area contributed by atoms with Crippen molar-refractivity contribution in [3.63, 3.8) is 0 Å². The van der Waals surface area contributed by atoms with Crippen LogP contribution in [0, 0.1) is 0 Å². The third kappa shape index (κ3) is 3.45. The summed E-state index contributed by atoms with van der Waals surface area (Å²) in [4.78, 5) is 10.2. The summed E-state index contributed by atoms with van der Waals surface area (Å²) in [5.74, 6) is -0.0764. The third-order valence-corrected chi connectivity index (χ3v) is 1.74. The first-order chi connectivity index (χ1) is 6.72. The fourth-order valence-electron chi connectivity index (χ4n) is 1.10. The molecule has 1 aromatic carbocycles. The van der Waals surface area contributed by atoms with Crippen molar-refractivity contribution >= 4 is 5.97 Å². The molecule has 4 nitrogen and oxygen atoms in total. The number of carbonyl (C=O) groups is 1. The fraction of sp³-hybridized carbons (Fsp3) is 0.300. The minimum Gasteiger partial charge on any atom is -0.497 e. The van der Waals surface area contributed by atoms with E-state index in [4.69, 9.17) is 9.84 Å². The van der Waals surface area contributed by atoms with E-state index in [2.05, 4.69) is 5.32 Å². The summed E-state index contributed by atoms with van der Waals surface area (Å²) in [6.45, 7) is 0.501. The van der Waals surface area contributed by atoms with Crippen LogP contribution in [-0.4, -0.2) is 24.7 Å². The van der Waals surface area contributed by atoms with Crippen LogP contribution >= 0.6 is 0 Å². The maximum atomic E-state index is 10.2. The van der Waals surface area contributed by atoms with Crippen LogP contribution in [-0.2, 0) is 11.3 Å². The molecule has 0 aromatic heterocycles. The van der Waals surface area contributed by atoms with Crippen LogP contribution in [0.15, 0.2) is 24.3 Å². The highest BCUT2D eigenvalue weighted by Crippen LogP contribution is 2.11. The minimum atomic E-state index is -0.854. The highest BCUT2D eigenvalue weighted by Gasteiger charge is 1.97. The molecule has 0 radical (unpaired) electrons. The fourth-order valence-corrected chi connectivity index (χ4v) is 1.10. The Kier molecular flexibility index (Phi) is 3.94. The number of carboxylic acids is 1. The zero-order valence-corrected chi connectivity index (χ0v) is 7.99. The molecule has 76 valence electrons. The summed E-state index contributed by atoms with van der Waals surface area (Å²) in [7, 11) is 1.60. The van der Waals surface area contributed by atoms with Gasteiger partial charge in [0.25, 0.3) is 0 Å². The molecule has 14 heavy (non-hydrogen) atoms. The number of carboxylic acid groups (broad SMARTS) is 1. The average molecular weight is 195 g/mol. The largest absolute Gasteiger partial charge is 0.497 e. The molecule has 4 heteroatoms. The first-order valence-corrected chi connectivity index (χ1v) is 4.28. The zero-order chi connectivity index (χ0) is 10.4. The quantitative estimate of drug-likeness (QED) is 0.732. The van der Waals surface area contributed by atoms with Gasteiger partial charge < -0.3 is 15.2 Å². The zero-order valence-electron chi connectivity index (χ0n) is 7.99. The van der Waals surface area contributed by atoms with Gasteiger partial charge in [-0.1, -0.05) is 12.1 Å². The second kappa shape index (κ2) is 5.24. The standard InChI is InChI=1S/C10H13NO3/c1-14-9-4-2-3-8(5-9)6-11-7-10(12)13/h2-5,11H,6-7H2,1H3,(H,12,13). The normalized spacial score (nSPS) is 9.79. The van der Waals surface area contributed by atoms with E-state index in [0.29, 0.717) is 6.54 Å². The maximum Gasteiger partial charge on any atom is 0.317 e. The average Bonchev–Trinajstić information content (AvgIpc) is 2.18. The van der Waals surface area contributed by atoms with Crippen molar-refractivity contribution in [2.24, 2.45) is 0 Å². The van der Waals surface area contributed by atoms with E-state index >= 15 is 0 Å². The molecule has 0 aliphatic rings. The van der Waals surface area contributed by atoms with Crippen molar-refractivity contribution in [3.8, 4) is 5.75 Å². The topological polar surface area (TPSA) is 58.6 Å². The van der Waals surface area contributed by atoms with Gasteiger partial charge in [0.1, 0.15) is 5.75 Å². The number of aliphatic carboxylic acids is 1. The van der Waals surface area contributed by atoms with Gasteiger partial charge in [0, 0.05) is 6.54 Å². The predicted octanol–water partition coefficient (Wildman–Crippen LogP) is 0.869. The Hall–Kier alpha value is -1.55. The summed E-state index contributed by atoms with van der Waals surface area (Å²) in [6, 6.07) is 7.50. The SMILES string of the molecule is COc1cccc(CNCC(=O)O)c1. The van der Waals surface area contributed by atoms with Gasteiger partial charge in [0.2, 0.25) is 0 Å². The second-order valence-corrected chi connectivity index (χ2v) is 2.85. The molecule has 1 rings (SSSR count). The van der Waals surface area contributed by atoms with E-state index in [1.807, 2.05) is 24.3 Å². The van der Waals surface area contributed by atoms with Crippen LogP contribution in [0.1, 0.15) is 5.56 Å². The van der Waals surface area contributed by atoms with Crippen LogP contribution in [0.5, 0.6) is 5.75 Å². The molecule has 0 atom stereocenters. The Bertz CT molecular complexity index is 312. The second-order valence-electron chi connectivity index (χ2n) is 2.85. The van der Waals surface area contributed by atoms with Gasteiger partial charge in [-0.2, -0.15) is 0 Å². The van der Waals surface area contributed by atoms with Crippen LogP contribution in [0.3, 0.4) is 0 Å². The highest BCUT2D eigenvalue weighted by molar-refractivity contribution is 5.68. The summed E-state index contributed by atoms with van der Waals surface area (Å²) >= 11 is 0. The molecule has 0 aliphatic carbocycles. The molecule has 0 saturated carbocycles. The van der Waals surface area contributed by atoms with Crippen LogP contribution in [0.2, 0.25) is 0 Å². The minimum absolute atomic E-state index is 0.0305. The van der Waals surface area contributed by atoms with Gasteiger partial charge in [-0.15, -0.1) is 0 Å². The first kappa shape index (κ1) is 10.5. The van der Waals surface area contributed by atoms with Crippen molar-refractivity contribution in [1.82, 2.24) is 5.32 Å². The van der Waals surface area contributed by atoms with Gasteiger partial charge in [0.05, 0.1) is 13.7 Å². The number of benzene rings is 1. The molecular weight excluding hydrogens is 182 g/mol. The molecule has 0 bridgehead atoms. The monoisotopic (exact) mass is 195 g/mol. The molecule has 0 unspecified atom stereocenters. The highest BCUT2D eigenvalue weighted by atomic mass is 16.5. The van der Waals surface area contributed by atoms with Crippen LogP contribution in [0.25, 0.3) is 0 Å². The summed E-state index contributed by atoms with van der Waals surface area (Å²) in [5, 5.41) is 11.2.